The van der Waals surface area contributed by atoms with E-state index < -0.39 is 71.4 Å². The monoisotopic (exact) mass is 926 g/mol. The van der Waals surface area contributed by atoms with Crippen LogP contribution in [0.1, 0.15) is 68.0 Å². The van der Waals surface area contributed by atoms with Gasteiger partial charge in [0.05, 0.1) is 47.3 Å². The standard InChI is InChI=1S/C44H45ClF6N10O4/c1-58-31-15-27(46)30(14-24(31)36-38(42(58)64)65-19-44(50,51)39(55-36)21-3-4-21)53-40-26(45)16-52-43(56-40)61-12-9-22(29(48)18-61)17-60-10-7-20(8-11-60)33-28(47)13-25-35(57-59(2)37(25)34(33)49)23-5-6-32(62)54-41(23)63/h13-16,20-23,29,39,55H,3-12,17-19H2,1-2H3,(H,52,53,56)(H,54,62,63)/t22-,23?,29-,39?/m1/s1. The van der Waals surface area contributed by atoms with Crippen molar-refractivity contribution in [1.82, 2.24) is 34.5 Å². The number of rotatable bonds is 8. The van der Waals surface area contributed by atoms with Crippen LogP contribution in [-0.4, -0.2) is 98.5 Å². The second-order valence-corrected chi connectivity index (χ2v) is 18.4. The lowest BCUT2D eigenvalue weighted by Crippen LogP contribution is -2.47. The van der Waals surface area contributed by atoms with Gasteiger partial charge in [0.25, 0.3) is 5.56 Å². The van der Waals surface area contributed by atoms with Gasteiger partial charge in [0.2, 0.25) is 23.5 Å². The molecule has 0 radical (unpaired) electrons. The minimum Gasteiger partial charge on any atom is -0.480 e. The minimum atomic E-state index is -3.26. The highest BCUT2D eigenvalue weighted by Crippen LogP contribution is 2.46. The van der Waals surface area contributed by atoms with Crippen molar-refractivity contribution in [3.05, 3.63) is 68.5 Å². The van der Waals surface area contributed by atoms with E-state index in [1.54, 1.807) is 4.90 Å². The Labute approximate surface area is 372 Å². The average molecular weight is 927 g/mol. The largest absolute Gasteiger partial charge is 0.480 e. The molecule has 4 fully saturated rings. The topological polar surface area (TPSA) is 152 Å². The van der Waals surface area contributed by atoms with Crippen LogP contribution in [0.15, 0.2) is 29.2 Å². The van der Waals surface area contributed by atoms with Crippen LogP contribution >= 0.6 is 11.6 Å². The zero-order valence-electron chi connectivity index (χ0n) is 35.4. The van der Waals surface area contributed by atoms with Crippen molar-refractivity contribution in [3.8, 4) is 5.75 Å². The van der Waals surface area contributed by atoms with Crippen LogP contribution in [0.25, 0.3) is 21.8 Å². The first-order valence-corrected chi connectivity index (χ1v) is 22.2. The van der Waals surface area contributed by atoms with Crippen molar-refractivity contribution in [1.29, 1.82) is 0 Å². The third-order valence-electron chi connectivity index (χ3n) is 13.8. The van der Waals surface area contributed by atoms with Gasteiger partial charge >= 0.3 is 5.92 Å². The number of pyridine rings is 1. The second kappa shape index (κ2) is 16.4. The minimum absolute atomic E-state index is 0.0167. The van der Waals surface area contributed by atoms with Crippen molar-refractivity contribution in [2.45, 2.75) is 74.9 Å². The van der Waals surface area contributed by atoms with E-state index in [9.17, 15) is 14.4 Å². The number of aromatic nitrogens is 5. The molecule has 14 nitrogen and oxygen atoms in total. The highest BCUT2D eigenvalue weighted by Gasteiger charge is 2.51. The Bertz CT molecular complexity index is 2830. The molecule has 7 heterocycles. The Morgan fingerprint density at radius 3 is 2.46 bits per heavy atom. The molecule has 65 heavy (non-hydrogen) atoms. The third-order valence-corrected chi connectivity index (χ3v) is 14.1. The fourth-order valence-corrected chi connectivity index (χ4v) is 10.2. The first-order valence-electron chi connectivity index (χ1n) is 21.8. The molecular formula is C44H45ClF6N10O4. The Hall–Kier alpha value is -5.63. The molecule has 3 N–H and O–H groups in total. The van der Waals surface area contributed by atoms with Crippen LogP contribution in [0.2, 0.25) is 5.02 Å². The number of nitrogens with one attached hydrogen (secondary N) is 3. The Balaban J connectivity index is 0.801. The zero-order chi connectivity index (χ0) is 45.6. The predicted molar refractivity (Wildman–Crippen MR) is 229 cm³/mol. The van der Waals surface area contributed by atoms with Gasteiger partial charge in [-0.25, -0.2) is 31.3 Å². The molecule has 5 aliphatic rings. The molecule has 4 atom stereocenters. The van der Waals surface area contributed by atoms with E-state index in [1.807, 2.05) is 0 Å². The third kappa shape index (κ3) is 7.78. The zero-order valence-corrected chi connectivity index (χ0v) is 36.1. The van der Waals surface area contributed by atoms with Crippen molar-refractivity contribution < 1.29 is 40.7 Å². The fraction of sp³-hybridized carbons (Fsp3) is 0.500. The molecule has 1 saturated carbocycles. The van der Waals surface area contributed by atoms with E-state index in [0.717, 1.165) is 10.6 Å². The first kappa shape index (κ1) is 43.3. The smallest absolute Gasteiger partial charge is 0.301 e. The maximum absolute atomic E-state index is 16.2. The number of amides is 2. The Morgan fingerprint density at radius 2 is 1.74 bits per heavy atom. The summed E-state index contributed by atoms with van der Waals surface area (Å²) >= 11 is 6.49. The van der Waals surface area contributed by atoms with Crippen LogP contribution in [0.5, 0.6) is 5.75 Å². The van der Waals surface area contributed by atoms with E-state index in [2.05, 4.69) is 35.9 Å². The molecule has 2 unspecified atom stereocenters. The summed E-state index contributed by atoms with van der Waals surface area (Å²) in [6.07, 6.45) is 2.87. The molecule has 0 spiro atoms. The summed E-state index contributed by atoms with van der Waals surface area (Å²) in [4.78, 5) is 50.1. The molecule has 21 heteroatoms. The summed E-state index contributed by atoms with van der Waals surface area (Å²) in [6, 6.07) is 2.45. The van der Waals surface area contributed by atoms with Crippen LogP contribution in [0.3, 0.4) is 0 Å². The summed E-state index contributed by atoms with van der Waals surface area (Å²) in [7, 11) is 2.94. The van der Waals surface area contributed by atoms with Crippen LogP contribution in [0.4, 0.5) is 49.5 Å². The van der Waals surface area contributed by atoms with Gasteiger partial charge in [-0.3, -0.25) is 24.4 Å². The number of hydrogen-bond donors (Lipinski definition) is 3. The average Bonchev–Trinajstić information content (AvgIpc) is 4.07. The van der Waals surface area contributed by atoms with Crippen molar-refractivity contribution in [3.63, 3.8) is 0 Å². The number of imide groups is 1. The molecule has 0 bridgehead atoms. The molecule has 2 amide bonds. The van der Waals surface area contributed by atoms with E-state index >= 15 is 26.3 Å². The van der Waals surface area contributed by atoms with Gasteiger partial charge in [0, 0.05) is 61.9 Å². The second-order valence-electron chi connectivity index (χ2n) is 18.0. The number of anilines is 4. The summed E-state index contributed by atoms with van der Waals surface area (Å²) in [5.41, 5.74) is -0.313. The van der Waals surface area contributed by atoms with Gasteiger partial charge in [-0.15, -0.1) is 0 Å². The number of ether oxygens (including phenoxy) is 1. The van der Waals surface area contributed by atoms with Gasteiger partial charge in [-0.1, -0.05) is 11.6 Å². The van der Waals surface area contributed by atoms with Gasteiger partial charge in [0.1, 0.15) is 28.3 Å². The number of benzene rings is 2. The lowest BCUT2D eigenvalue weighted by atomic mass is 9.86. The quantitative estimate of drug-likeness (QED) is 0.111. The van der Waals surface area contributed by atoms with E-state index in [-0.39, 0.29) is 98.2 Å². The summed E-state index contributed by atoms with van der Waals surface area (Å²) in [6.45, 7) is 0.814. The predicted octanol–water partition coefficient (Wildman–Crippen LogP) is 6.81. The molecule has 3 saturated heterocycles. The number of piperidine rings is 3. The summed E-state index contributed by atoms with van der Waals surface area (Å²) in [5.74, 6) is -8.42. The van der Waals surface area contributed by atoms with Gasteiger partial charge < -0.3 is 29.7 Å². The number of aryl methyl sites for hydroxylation is 2. The SMILES string of the molecule is Cn1nc(C2CCC(=O)NC2=O)c2cc(F)c(C3CCN(C[C@H]4CCN(c5ncc(Cl)c(Nc6cc7c8c(c(=O)n(C)c7cc6F)OCC(F)(F)C(C6CC6)N8)n5)C[C@H]4F)CC3)c(F)c21. The number of fused-ring (bicyclic) bond motifs is 4. The first-order chi connectivity index (χ1) is 31.1. The van der Waals surface area contributed by atoms with E-state index in [4.69, 9.17) is 16.3 Å². The molecular weight excluding hydrogens is 882 g/mol. The van der Waals surface area contributed by atoms with Crippen LogP contribution < -0.4 is 31.1 Å². The molecule has 2 aromatic carbocycles. The number of carbonyl (C=O) groups is 2. The number of halogens is 7. The van der Waals surface area contributed by atoms with E-state index in [1.165, 1.54) is 37.1 Å². The normalized spacial score (nSPS) is 24.1. The van der Waals surface area contributed by atoms with Crippen LogP contribution in [0, 0.1) is 29.3 Å². The highest BCUT2D eigenvalue weighted by atomic mass is 35.5. The maximum atomic E-state index is 16.2. The number of carbonyl (C=O) groups excluding carboxylic acids is 2. The number of alkyl halides is 3. The maximum Gasteiger partial charge on any atom is 0.301 e. The number of likely N-dealkylation sites (tertiary alicyclic amines) is 1. The van der Waals surface area contributed by atoms with Crippen molar-refractivity contribution in [2.75, 3.05) is 54.9 Å². The van der Waals surface area contributed by atoms with Gasteiger partial charge in [0.15, 0.2) is 18.2 Å². The van der Waals surface area contributed by atoms with Crippen LogP contribution in [-0.2, 0) is 23.7 Å². The molecule has 5 aromatic rings. The van der Waals surface area contributed by atoms with Gasteiger partial charge in [-0.2, -0.15) is 10.1 Å². The highest BCUT2D eigenvalue weighted by molar-refractivity contribution is 6.33. The Morgan fingerprint density at radius 1 is 0.969 bits per heavy atom. The number of hydrogen-bond acceptors (Lipinski definition) is 11. The molecule has 3 aromatic heterocycles. The van der Waals surface area contributed by atoms with Crippen molar-refractivity contribution >= 4 is 68.4 Å². The molecule has 4 aliphatic heterocycles. The lowest BCUT2D eigenvalue weighted by molar-refractivity contribution is -0.134. The number of nitrogens with zero attached hydrogens (tertiary/aromatic N) is 7. The summed E-state index contributed by atoms with van der Waals surface area (Å²) < 4.78 is 102. The Kier molecular flexibility index (Phi) is 10.9. The van der Waals surface area contributed by atoms with Gasteiger partial charge in [-0.05, 0) is 75.6 Å². The molecule has 10 rings (SSSR count). The fourth-order valence-electron chi connectivity index (χ4n) is 10.1. The van der Waals surface area contributed by atoms with Crippen molar-refractivity contribution in [2.24, 2.45) is 25.9 Å². The molecule has 1 aliphatic carbocycles. The summed E-state index contributed by atoms with van der Waals surface area (Å²) in [5, 5.41) is 12.9. The lowest BCUT2D eigenvalue weighted by Gasteiger charge is -2.39. The van der Waals surface area contributed by atoms with E-state index in [0.29, 0.717) is 58.3 Å². The molecule has 344 valence electrons.